The number of rotatable bonds is 16. The molecule has 5 aromatic rings. The summed E-state index contributed by atoms with van der Waals surface area (Å²) >= 11 is 0. The second kappa shape index (κ2) is 19.5. The number of anilines is 2. The third kappa shape index (κ3) is 9.59. The molecule has 344 valence electrons. The van der Waals surface area contributed by atoms with Gasteiger partial charge in [0.15, 0.2) is 0 Å². The van der Waals surface area contributed by atoms with Crippen LogP contribution < -0.4 is 31.7 Å². The van der Waals surface area contributed by atoms with Gasteiger partial charge in [0.2, 0.25) is 17.7 Å². The number of aromatic amines is 1. The SMILES string of the molecule is Cc1cc(C)c(CNC(=O)c2cc(-c3ccc(N4CCN(CCC(=O)NCCCCNc5cccc6c5C(=O)N(C5CCC(=O)NC5=O)C6=O)CC4)nc3)cc3c2cnn3C(C)C)c(=O)[nH]1. The largest absolute Gasteiger partial charge is 0.384 e. The minimum atomic E-state index is -1.02. The summed E-state index contributed by atoms with van der Waals surface area (Å²) in [5.74, 6) is -1.64. The quantitative estimate of drug-likeness (QED) is 0.0705. The minimum absolute atomic E-state index is 0.0203. The lowest BCUT2D eigenvalue weighted by Crippen LogP contribution is -2.54. The Balaban J connectivity index is 0.780. The number of aromatic nitrogens is 4. The summed E-state index contributed by atoms with van der Waals surface area (Å²) in [4.78, 5) is 103. The van der Waals surface area contributed by atoms with Crippen LogP contribution in [-0.4, -0.2) is 117 Å². The zero-order valence-electron chi connectivity index (χ0n) is 37.7. The van der Waals surface area contributed by atoms with Crippen molar-refractivity contribution in [1.82, 2.24) is 45.5 Å². The molecule has 0 bridgehead atoms. The number of fused-ring (bicyclic) bond motifs is 2. The summed E-state index contributed by atoms with van der Waals surface area (Å²) in [6.07, 6.45) is 5.48. The Labute approximate surface area is 381 Å². The number of piperazine rings is 1. The van der Waals surface area contributed by atoms with Gasteiger partial charge in [0, 0.05) is 105 Å². The molecule has 3 aliphatic heterocycles. The first-order valence-corrected chi connectivity index (χ1v) is 22.5. The average molecular weight is 898 g/mol. The highest BCUT2D eigenvalue weighted by Gasteiger charge is 2.45. The number of aryl methyl sites for hydroxylation is 2. The zero-order chi connectivity index (χ0) is 46.6. The van der Waals surface area contributed by atoms with E-state index in [1.54, 1.807) is 24.4 Å². The lowest BCUT2D eigenvalue weighted by Gasteiger charge is -2.35. The first-order valence-electron chi connectivity index (χ1n) is 22.5. The fourth-order valence-corrected chi connectivity index (χ4v) is 8.93. The topological polar surface area (TPSA) is 224 Å². The Morgan fingerprint density at radius 1 is 0.879 bits per heavy atom. The Kier molecular flexibility index (Phi) is 13.4. The van der Waals surface area contributed by atoms with E-state index in [4.69, 9.17) is 4.98 Å². The van der Waals surface area contributed by atoms with Crippen LogP contribution in [0.3, 0.4) is 0 Å². The summed E-state index contributed by atoms with van der Waals surface area (Å²) in [5, 5.41) is 16.7. The number of amides is 6. The van der Waals surface area contributed by atoms with Gasteiger partial charge in [-0.1, -0.05) is 6.07 Å². The van der Waals surface area contributed by atoms with Gasteiger partial charge in [0.25, 0.3) is 23.3 Å². The molecule has 18 nitrogen and oxygen atoms in total. The van der Waals surface area contributed by atoms with Gasteiger partial charge < -0.3 is 25.8 Å². The van der Waals surface area contributed by atoms with E-state index < -0.39 is 29.7 Å². The number of unbranched alkanes of at least 4 members (excludes halogenated alkanes) is 1. The molecule has 2 aromatic carbocycles. The molecule has 0 aliphatic carbocycles. The Morgan fingerprint density at radius 3 is 2.39 bits per heavy atom. The van der Waals surface area contributed by atoms with Gasteiger partial charge in [0.05, 0.1) is 28.4 Å². The number of carbonyl (C=O) groups is 6. The number of imide groups is 2. The van der Waals surface area contributed by atoms with E-state index in [-0.39, 0.29) is 53.9 Å². The number of hydrogen-bond acceptors (Lipinski definition) is 12. The number of H-pyrrole nitrogens is 1. The second-order valence-electron chi connectivity index (χ2n) is 17.4. The Morgan fingerprint density at radius 2 is 1.67 bits per heavy atom. The van der Waals surface area contributed by atoms with Gasteiger partial charge in [0.1, 0.15) is 11.9 Å². The number of piperidine rings is 1. The van der Waals surface area contributed by atoms with E-state index in [1.807, 2.05) is 68.9 Å². The maximum Gasteiger partial charge on any atom is 0.264 e. The molecule has 66 heavy (non-hydrogen) atoms. The van der Waals surface area contributed by atoms with Crippen molar-refractivity contribution in [2.24, 2.45) is 0 Å². The number of nitrogens with one attached hydrogen (secondary N) is 5. The van der Waals surface area contributed by atoms with Crippen molar-refractivity contribution in [2.45, 2.75) is 78.4 Å². The molecule has 1 atom stereocenters. The fourth-order valence-electron chi connectivity index (χ4n) is 8.93. The van der Waals surface area contributed by atoms with Gasteiger partial charge in [-0.3, -0.25) is 53.4 Å². The van der Waals surface area contributed by atoms with Crippen molar-refractivity contribution in [2.75, 3.05) is 56.0 Å². The first kappa shape index (κ1) is 45.4. The molecule has 5 N–H and O–H groups in total. The molecule has 8 rings (SSSR count). The maximum atomic E-state index is 13.7. The van der Waals surface area contributed by atoms with E-state index in [1.165, 1.54) is 0 Å². The fraction of sp³-hybridized carbons (Fsp3) is 0.396. The summed E-state index contributed by atoms with van der Waals surface area (Å²) in [5.41, 5.74) is 5.80. The molecule has 6 heterocycles. The van der Waals surface area contributed by atoms with E-state index in [0.29, 0.717) is 55.7 Å². The molecule has 0 spiro atoms. The van der Waals surface area contributed by atoms with Crippen LogP contribution in [-0.2, 0) is 20.9 Å². The number of carbonyl (C=O) groups excluding carboxylic acids is 6. The highest BCUT2D eigenvalue weighted by atomic mass is 16.2. The van der Waals surface area contributed by atoms with E-state index in [2.05, 4.69) is 41.1 Å². The summed E-state index contributed by atoms with van der Waals surface area (Å²) < 4.78 is 1.90. The third-order valence-electron chi connectivity index (χ3n) is 12.5. The number of nitrogens with zero attached hydrogens (tertiary/aromatic N) is 6. The number of pyridine rings is 2. The van der Waals surface area contributed by atoms with Crippen molar-refractivity contribution in [3.05, 3.63) is 105 Å². The van der Waals surface area contributed by atoms with Gasteiger partial charge in [-0.2, -0.15) is 5.10 Å². The Hall–Kier alpha value is -7.21. The average Bonchev–Trinajstić information content (AvgIpc) is 3.84. The van der Waals surface area contributed by atoms with Crippen LogP contribution in [0.25, 0.3) is 22.0 Å². The second-order valence-corrected chi connectivity index (χ2v) is 17.4. The molecule has 0 radical (unpaired) electrons. The van der Waals surface area contributed by atoms with Crippen molar-refractivity contribution < 1.29 is 28.8 Å². The maximum absolute atomic E-state index is 13.7. The lowest BCUT2D eigenvalue weighted by molar-refractivity contribution is -0.136. The van der Waals surface area contributed by atoms with Crippen LogP contribution in [0.15, 0.2) is 65.7 Å². The molecule has 0 saturated carbocycles. The highest BCUT2D eigenvalue weighted by molar-refractivity contribution is 6.25. The normalized spacial score (nSPS) is 16.5. The number of benzene rings is 2. The van der Waals surface area contributed by atoms with Gasteiger partial charge in [-0.05, 0) is 101 Å². The smallest absolute Gasteiger partial charge is 0.264 e. The van der Waals surface area contributed by atoms with Crippen molar-refractivity contribution in [1.29, 1.82) is 0 Å². The van der Waals surface area contributed by atoms with Gasteiger partial charge in [-0.25, -0.2) is 4.98 Å². The van der Waals surface area contributed by atoms with Crippen molar-refractivity contribution in [3.63, 3.8) is 0 Å². The van der Waals surface area contributed by atoms with Crippen LogP contribution in [0, 0.1) is 13.8 Å². The highest BCUT2D eigenvalue weighted by Crippen LogP contribution is 2.33. The van der Waals surface area contributed by atoms with Crippen LogP contribution >= 0.6 is 0 Å². The Bertz CT molecular complexity index is 2770. The predicted molar refractivity (Wildman–Crippen MR) is 248 cm³/mol. The molecular weight excluding hydrogens is 843 g/mol. The van der Waals surface area contributed by atoms with Gasteiger partial charge >= 0.3 is 0 Å². The van der Waals surface area contributed by atoms with Crippen LogP contribution in [0.2, 0.25) is 0 Å². The molecule has 2 saturated heterocycles. The standard InChI is InChI=1S/C48H55N11O7/c1-28(2)59-39-24-32(23-34(36(39)27-53-59)44(62)52-26-35-29(3)22-30(4)54-45(35)63)31-10-12-40(51-25-31)57-20-18-56(19-21-57)17-14-41(60)50-16-6-5-15-49-37-9-7-8-33-43(37)48(66)58(47(33)65)38-11-13-42(61)55-46(38)64/h7-10,12,22-25,27-28,38,49H,5-6,11,13-21,26H2,1-4H3,(H,50,60)(H,52,62)(H,54,63)(H,55,61,64). The minimum Gasteiger partial charge on any atom is -0.384 e. The van der Waals surface area contributed by atoms with Gasteiger partial charge in [-0.15, -0.1) is 0 Å². The first-order chi connectivity index (χ1) is 31.8. The molecule has 1 unspecified atom stereocenters. The van der Waals surface area contributed by atoms with E-state index in [0.717, 1.165) is 70.2 Å². The van der Waals surface area contributed by atoms with Crippen molar-refractivity contribution >= 4 is 57.9 Å². The van der Waals surface area contributed by atoms with Crippen LogP contribution in [0.1, 0.15) is 99.9 Å². The molecule has 3 aliphatic rings. The van der Waals surface area contributed by atoms with E-state index in [9.17, 15) is 33.6 Å². The van der Waals surface area contributed by atoms with Crippen LogP contribution in [0.5, 0.6) is 0 Å². The molecule has 6 amide bonds. The summed E-state index contributed by atoms with van der Waals surface area (Å²) in [6, 6.07) is 13.8. The zero-order valence-corrected chi connectivity index (χ0v) is 37.7. The summed E-state index contributed by atoms with van der Waals surface area (Å²) in [7, 11) is 0. The molecule has 2 fully saturated rings. The third-order valence-corrected chi connectivity index (χ3v) is 12.5. The molecule has 18 heteroatoms. The van der Waals surface area contributed by atoms with Crippen LogP contribution in [0.4, 0.5) is 11.5 Å². The molecule has 3 aromatic heterocycles. The monoisotopic (exact) mass is 897 g/mol. The van der Waals surface area contributed by atoms with Crippen molar-refractivity contribution in [3.8, 4) is 11.1 Å². The van der Waals surface area contributed by atoms with E-state index >= 15 is 0 Å². The number of hydrogen-bond donors (Lipinski definition) is 5. The lowest BCUT2D eigenvalue weighted by atomic mass is 10.0. The summed E-state index contributed by atoms with van der Waals surface area (Å²) in [6.45, 7) is 12.6. The predicted octanol–water partition coefficient (Wildman–Crippen LogP) is 3.84. The molecular formula is C48H55N11O7.